The summed E-state index contributed by atoms with van der Waals surface area (Å²) in [6, 6.07) is 19.5. The highest BCUT2D eigenvalue weighted by atomic mass is 16.5. The molecule has 1 fully saturated rings. The number of anilines is 1. The minimum atomic E-state index is -0.296. The van der Waals surface area contributed by atoms with Gasteiger partial charge in [-0.2, -0.15) is 5.10 Å². The molecule has 2 aromatic carbocycles. The smallest absolute Gasteiger partial charge is 0.219 e. The van der Waals surface area contributed by atoms with Crippen molar-refractivity contribution in [1.29, 1.82) is 0 Å². The van der Waals surface area contributed by atoms with Gasteiger partial charge in [-0.25, -0.2) is 19.6 Å². The van der Waals surface area contributed by atoms with E-state index in [0.717, 1.165) is 22.2 Å². The molecule has 5 aromatic rings. The summed E-state index contributed by atoms with van der Waals surface area (Å²) in [5.41, 5.74) is 9.27. The van der Waals surface area contributed by atoms with Gasteiger partial charge >= 0.3 is 0 Å². The monoisotopic (exact) mass is 424 g/mol. The zero-order valence-electron chi connectivity index (χ0n) is 17.1. The van der Waals surface area contributed by atoms with Crippen molar-refractivity contribution in [3.8, 4) is 22.9 Å². The molecule has 32 heavy (non-hydrogen) atoms. The van der Waals surface area contributed by atoms with Crippen molar-refractivity contribution in [2.24, 2.45) is 0 Å². The van der Waals surface area contributed by atoms with Gasteiger partial charge < -0.3 is 15.6 Å². The molecule has 0 radical (unpaired) electrons. The number of aliphatic hydroxyl groups is 1. The topological polar surface area (TPSA) is 112 Å². The van der Waals surface area contributed by atoms with Gasteiger partial charge in [-0.3, -0.25) is 0 Å². The number of nitrogens with two attached hydrogens (primary N) is 1. The van der Waals surface area contributed by atoms with Crippen molar-refractivity contribution in [3.05, 3.63) is 67.0 Å². The quantitative estimate of drug-likeness (QED) is 0.446. The second kappa shape index (κ2) is 7.28. The van der Waals surface area contributed by atoms with E-state index in [9.17, 15) is 5.11 Å². The Hall–Kier alpha value is -4.04. The molecule has 1 aliphatic carbocycles. The third kappa shape index (κ3) is 3.12. The zero-order chi connectivity index (χ0) is 21.7. The Labute approximate surface area is 183 Å². The van der Waals surface area contributed by atoms with Gasteiger partial charge in [0.2, 0.25) is 5.88 Å². The molecular formula is C24H20N6O2. The van der Waals surface area contributed by atoms with Gasteiger partial charge in [0.05, 0.1) is 23.0 Å². The molecule has 0 aliphatic heterocycles. The van der Waals surface area contributed by atoms with Crippen molar-refractivity contribution in [1.82, 2.24) is 24.7 Å². The summed E-state index contributed by atoms with van der Waals surface area (Å²) < 4.78 is 7.76. The Bertz CT molecular complexity index is 1440. The SMILES string of the molecule is Nc1ncnc2c1c(-c1ccc3ccc(Oc4ccccc4)nc3c1)nn2C1CC(O)C1. The Morgan fingerprint density at radius 1 is 1.00 bits per heavy atom. The van der Waals surface area contributed by atoms with Gasteiger partial charge in [-0.15, -0.1) is 0 Å². The van der Waals surface area contributed by atoms with E-state index in [4.69, 9.17) is 15.6 Å². The van der Waals surface area contributed by atoms with Crippen LogP contribution in [0.2, 0.25) is 0 Å². The highest BCUT2D eigenvalue weighted by Gasteiger charge is 2.32. The summed E-state index contributed by atoms with van der Waals surface area (Å²) in [6.07, 6.45) is 2.46. The van der Waals surface area contributed by atoms with Crippen LogP contribution in [0.1, 0.15) is 18.9 Å². The lowest BCUT2D eigenvalue weighted by atomic mass is 9.90. The Morgan fingerprint density at radius 3 is 2.62 bits per heavy atom. The number of nitrogens with zero attached hydrogens (tertiary/aromatic N) is 5. The third-order valence-electron chi connectivity index (χ3n) is 5.86. The van der Waals surface area contributed by atoms with Crippen LogP contribution in [0.15, 0.2) is 67.0 Å². The van der Waals surface area contributed by atoms with Crippen LogP contribution in [0, 0.1) is 0 Å². The van der Waals surface area contributed by atoms with Crippen LogP contribution < -0.4 is 10.5 Å². The molecular weight excluding hydrogens is 404 g/mol. The second-order valence-corrected chi connectivity index (χ2v) is 8.00. The number of benzene rings is 2. The van der Waals surface area contributed by atoms with E-state index >= 15 is 0 Å². The van der Waals surface area contributed by atoms with Gasteiger partial charge in [-0.1, -0.05) is 30.3 Å². The largest absolute Gasteiger partial charge is 0.439 e. The number of aliphatic hydroxyl groups excluding tert-OH is 1. The summed E-state index contributed by atoms with van der Waals surface area (Å²) in [5, 5.41) is 16.3. The fourth-order valence-electron chi connectivity index (χ4n) is 4.12. The van der Waals surface area contributed by atoms with Crippen LogP contribution in [-0.2, 0) is 0 Å². The Balaban J connectivity index is 1.45. The van der Waals surface area contributed by atoms with Gasteiger partial charge in [-0.05, 0) is 37.1 Å². The average molecular weight is 424 g/mol. The number of fused-ring (bicyclic) bond motifs is 2. The molecule has 6 rings (SSSR count). The van der Waals surface area contributed by atoms with Crippen LogP contribution in [0.25, 0.3) is 33.2 Å². The van der Waals surface area contributed by atoms with Crippen LogP contribution in [0.5, 0.6) is 11.6 Å². The first-order valence-electron chi connectivity index (χ1n) is 10.5. The van der Waals surface area contributed by atoms with E-state index in [1.807, 2.05) is 65.3 Å². The van der Waals surface area contributed by atoms with Crippen LogP contribution in [0.3, 0.4) is 0 Å². The highest BCUT2D eigenvalue weighted by molar-refractivity contribution is 5.99. The lowest BCUT2D eigenvalue weighted by molar-refractivity contribution is 0.0452. The Morgan fingerprint density at radius 2 is 1.81 bits per heavy atom. The summed E-state index contributed by atoms with van der Waals surface area (Å²) in [7, 11) is 0. The molecule has 3 heterocycles. The number of ether oxygens (including phenoxy) is 1. The molecule has 0 saturated heterocycles. The minimum Gasteiger partial charge on any atom is -0.439 e. The predicted octanol–water partition coefficient (Wildman–Crippen LogP) is 4.11. The van der Waals surface area contributed by atoms with Crippen LogP contribution in [-0.4, -0.2) is 35.9 Å². The second-order valence-electron chi connectivity index (χ2n) is 8.00. The maximum Gasteiger partial charge on any atom is 0.219 e. The molecule has 8 heteroatoms. The molecule has 1 aliphatic rings. The number of hydrogen-bond acceptors (Lipinski definition) is 7. The average Bonchev–Trinajstić information content (AvgIpc) is 3.18. The first-order valence-corrected chi connectivity index (χ1v) is 10.5. The summed E-state index contributed by atoms with van der Waals surface area (Å²) >= 11 is 0. The zero-order valence-corrected chi connectivity index (χ0v) is 17.1. The van der Waals surface area contributed by atoms with E-state index in [0.29, 0.717) is 41.3 Å². The molecule has 3 aromatic heterocycles. The van der Waals surface area contributed by atoms with Crippen LogP contribution >= 0.6 is 0 Å². The van der Waals surface area contributed by atoms with Gasteiger partial charge in [0.1, 0.15) is 23.6 Å². The standard InChI is InChI=1S/C24H20N6O2/c25-23-21-22(29-30(16-11-17(31)12-16)24(21)27-13-26-23)15-7-6-14-8-9-20(28-19(14)10-15)32-18-4-2-1-3-5-18/h1-10,13,16-17,31H,11-12H2,(H2,25,26,27). The molecule has 0 amide bonds. The number of nitrogen functional groups attached to an aromatic ring is 1. The van der Waals surface area contributed by atoms with Crippen molar-refractivity contribution < 1.29 is 9.84 Å². The number of rotatable bonds is 4. The first kappa shape index (κ1) is 18.7. The summed E-state index contributed by atoms with van der Waals surface area (Å²) in [6.45, 7) is 0. The van der Waals surface area contributed by atoms with Gasteiger partial charge in [0, 0.05) is 17.0 Å². The van der Waals surface area contributed by atoms with Crippen molar-refractivity contribution in [2.75, 3.05) is 5.73 Å². The third-order valence-corrected chi connectivity index (χ3v) is 5.86. The van der Waals surface area contributed by atoms with Crippen molar-refractivity contribution >= 4 is 27.8 Å². The molecule has 8 nitrogen and oxygen atoms in total. The van der Waals surface area contributed by atoms with E-state index in [-0.39, 0.29) is 12.1 Å². The molecule has 0 spiro atoms. The molecule has 0 atom stereocenters. The van der Waals surface area contributed by atoms with Crippen LogP contribution in [0.4, 0.5) is 5.82 Å². The fraction of sp³-hybridized carbons (Fsp3) is 0.167. The lowest BCUT2D eigenvalue weighted by Gasteiger charge is -2.31. The number of aromatic nitrogens is 5. The maximum atomic E-state index is 9.76. The van der Waals surface area contributed by atoms with E-state index in [1.54, 1.807) is 0 Å². The highest BCUT2D eigenvalue weighted by Crippen LogP contribution is 2.38. The van der Waals surface area contributed by atoms with E-state index in [1.165, 1.54) is 6.33 Å². The van der Waals surface area contributed by atoms with Crippen molar-refractivity contribution in [2.45, 2.75) is 25.0 Å². The lowest BCUT2D eigenvalue weighted by Crippen LogP contribution is -2.31. The Kier molecular flexibility index (Phi) is 4.26. The normalized spacial score (nSPS) is 18.0. The van der Waals surface area contributed by atoms with E-state index in [2.05, 4.69) is 15.0 Å². The van der Waals surface area contributed by atoms with E-state index < -0.39 is 0 Å². The first-order chi connectivity index (χ1) is 15.7. The molecule has 1 saturated carbocycles. The van der Waals surface area contributed by atoms with Gasteiger partial charge in [0.25, 0.3) is 0 Å². The fourth-order valence-corrected chi connectivity index (χ4v) is 4.12. The maximum absolute atomic E-state index is 9.76. The molecule has 0 unspecified atom stereocenters. The molecule has 158 valence electrons. The predicted molar refractivity (Wildman–Crippen MR) is 121 cm³/mol. The summed E-state index contributed by atoms with van der Waals surface area (Å²) in [4.78, 5) is 13.3. The van der Waals surface area contributed by atoms with Crippen molar-refractivity contribution in [3.63, 3.8) is 0 Å². The summed E-state index contributed by atoms with van der Waals surface area (Å²) in [5.74, 6) is 1.63. The van der Waals surface area contributed by atoms with Gasteiger partial charge in [0.15, 0.2) is 5.65 Å². The molecule has 0 bridgehead atoms. The minimum absolute atomic E-state index is 0.0972. The number of para-hydroxylation sites is 1. The molecule has 3 N–H and O–H groups in total. The number of hydrogen-bond donors (Lipinski definition) is 2. The number of pyridine rings is 1.